The molecule has 0 aliphatic carbocycles. The molecule has 2 aromatic rings. The number of oxime groups is 1. The molecule has 2 amide bonds. The van der Waals surface area contributed by atoms with Crippen LogP contribution in [-0.4, -0.2) is 60.1 Å². The lowest BCUT2D eigenvalue weighted by Crippen LogP contribution is -2.41. The first-order valence-electron chi connectivity index (χ1n) is 9.41. The number of benzene rings is 2. The van der Waals surface area contributed by atoms with Crippen LogP contribution in [0.25, 0.3) is 10.8 Å². The van der Waals surface area contributed by atoms with Crippen molar-refractivity contribution < 1.29 is 14.4 Å². The largest absolute Gasteiger partial charge is 0.382 e. The van der Waals surface area contributed by atoms with Gasteiger partial charge in [-0.3, -0.25) is 9.59 Å². The van der Waals surface area contributed by atoms with E-state index in [1.165, 1.54) is 16.3 Å². The molecule has 140 valence electrons. The van der Waals surface area contributed by atoms with Gasteiger partial charge in [-0.1, -0.05) is 47.6 Å². The van der Waals surface area contributed by atoms with Crippen LogP contribution < -0.4 is 0 Å². The van der Waals surface area contributed by atoms with Gasteiger partial charge < -0.3 is 14.6 Å². The van der Waals surface area contributed by atoms with Crippen LogP contribution in [0.3, 0.4) is 0 Å². The Kier molecular flexibility index (Phi) is 5.05. The molecule has 2 heterocycles. The Morgan fingerprint density at radius 3 is 2.85 bits per heavy atom. The molecule has 2 aliphatic rings. The van der Waals surface area contributed by atoms with Crippen molar-refractivity contribution in [2.24, 2.45) is 5.16 Å². The summed E-state index contributed by atoms with van der Waals surface area (Å²) in [7, 11) is 0. The Balaban J connectivity index is 1.39. The number of fused-ring (bicyclic) bond motifs is 1. The SMILES string of the molecule is O=CN1CCCN(C(=O)[C@H]2CC(Cc3cccc4ccccc34)=NO2)CC1. The monoisotopic (exact) mass is 365 g/mol. The van der Waals surface area contributed by atoms with E-state index in [-0.39, 0.29) is 5.91 Å². The second-order valence-electron chi connectivity index (χ2n) is 7.09. The van der Waals surface area contributed by atoms with Crippen LogP contribution in [0.15, 0.2) is 47.6 Å². The summed E-state index contributed by atoms with van der Waals surface area (Å²) >= 11 is 0. The fourth-order valence-electron chi connectivity index (χ4n) is 3.80. The van der Waals surface area contributed by atoms with Gasteiger partial charge in [0, 0.05) is 39.0 Å². The minimum Gasteiger partial charge on any atom is -0.382 e. The van der Waals surface area contributed by atoms with Crippen molar-refractivity contribution in [2.45, 2.75) is 25.4 Å². The molecule has 1 atom stereocenters. The van der Waals surface area contributed by atoms with Gasteiger partial charge in [0.25, 0.3) is 5.91 Å². The molecule has 2 aliphatic heterocycles. The third-order valence-electron chi connectivity index (χ3n) is 5.27. The van der Waals surface area contributed by atoms with E-state index in [2.05, 4.69) is 29.4 Å². The van der Waals surface area contributed by atoms with Gasteiger partial charge in [-0.25, -0.2) is 0 Å². The molecule has 27 heavy (non-hydrogen) atoms. The second kappa shape index (κ2) is 7.78. The normalized spacial score (nSPS) is 20.1. The second-order valence-corrected chi connectivity index (χ2v) is 7.09. The van der Waals surface area contributed by atoms with Gasteiger partial charge >= 0.3 is 0 Å². The van der Waals surface area contributed by atoms with E-state index in [4.69, 9.17) is 4.84 Å². The summed E-state index contributed by atoms with van der Waals surface area (Å²) in [6, 6.07) is 14.5. The first-order valence-corrected chi connectivity index (χ1v) is 9.41. The van der Waals surface area contributed by atoms with E-state index in [1.54, 1.807) is 9.80 Å². The summed E-state index contributed by atoms with van der Waals surface area (Å²) in [5.74, 6) is -0.0283. The zero-order valence-corrected chi connectivity index (χ0v) is 15.2. The van der Waals surface area contributed by atoms with Crippen LogP contribution in [0.5, 0.6) is 0 Å². The molecule has 0 aromatic heterocycles. The zero-order valence-electron chi connectivity index (χ0n) is 15.2. The summed E-state index contributed by atoms with van der Waals surface area (Å²) in [6.45, 7) is 2.48. The van der Waals surface area contributed by atoms with E-state index >= 15 is 0 Å². The maximum absolute atomic E-state index is 12.8. The topological polar surface area (TPSA) is 62.2 Å². The van der Waals surface area contributed by atoms with Crippen molar-refractivity contribution >= 4 is 28.8 Å². The molecule has 0 saturated carbocycles. The number of carbonyl (C=O) groups is 2. The third kappa shape index (κ3) is 3.79. The van der Waals surface area contributed by atoms with Gasteiger partial charge in [-0.2, -0.15) is 0 Å². The van der Waals surface area contributed by atoms with Crippen molar-refractivity contribution in [1.82, 2.24) is 9.80 Å². The molecular formula is C21H23N3O3. The van der Waals surface area contributed by atoms with Crippen molar-refractivity contribution in [2.75, 3.05) is 26.2 Å². The van der Waals surface area contributed by atoms with E-state index in [0.717, 1.165) is 18.5 Å². The lowest BCUT2D eigenvalue weighted by atomic mass is 9.98. The standard InChI is InChI=1S/C21H23N3O3/c25-15-23-9-4-10-24(12-11-23)21(26)20-14-18(22-27-20)13-17-7-3-6-16-5-1-2-8-19(16)17/h1-3,5-8,15,20H,4,9-14H2/t20-/m1/s1. The molecular weight excluding hydrogens is 342 g/mol. The average Bonchev–Trinajstić information content (AvgIpc) is 3.03. The third-order valence-corrected chi connectivity index (χ3v) is 5.27. The van der Waals surface area contributed by atoms with Gasteiger partial charge in [0.1, 0.15) is 0 Å². The minimum absolute atomic E-state index is 0.0283. The molecule has 1 fully saturated rings. The van der Waals surface area contributed by atoms with E-state index in [0.29, 0.717) is 39.0 Å². The maximum Gasteiger partial charge on any atom is 0.266 e. The van der Waals surface area contributed by atoms with Crippen LogP contribution in [0, 0.1) is 0 Å². The van der Waals surface area contributed by atoms with Crippen LogP contribution in [0.4, 0.5) is 0 Å². The van der Waals surface area contributed by atoms with Crippen LogP contribution >= 0.6 is 0 Å². The summed E-state index contributed by atoms with van der Waals surface area (Å²) in [6.07, 6.45) is 2.31. The highest BCUT2D eigenvalue weighted by molar-refractivity contribution is 5.96. The quantitative estimate of drug-likeness (QED) is 0.781. The number of nitrogens with zero attached hydrogens (tertiary/aromatic N) is 3. The van der Waals surface area contributed by atoms with Crippen LogP contribution in [0.1, 0.15) is 18.4 Å². The number of hydrogen-bond donors (Lipinski definition) is 0. The highest BCUT2D eigenvalue weighted by Crippen LogP contribution is 2.22. The molecule has 1 saturated heterocycles. The van der Waals surface area contributed by atoms with Gasteiger partial charge in [0.2, 0.25) is 12.5 Å². The molecule has 2 aromatic carbocycles. The number of carbonyl (C=O) groups excluding carboxylic acids is 2. The number of rotatable bonds is 4. The highest BCUT2D eigenvalue weighted by Gasteiger charge is 2.32. The van der Waals surface area contributed by atoms with Crippen molar-refractivity contribution in [1.29, 1.82) is 0 Å². The first kappa shape index (κ1) is 17.5. The average molecular weight is 365 g/mol. The fraction of sp³-hybridized carbons (Fsp3) is 0.381. The lowest BCUT2D eigenvalue weighted by Gasteiger charge is -2.22. The van der Waals surface area contributed by atoms with E-state index in [1.807, 2.05) is 18.2 Å². The smallest absolute Gasteiger partial charge is 0.266 e. The first-order chi connectivity index (χ1) is 13.2. The van der Waals surface area contributed by atoms with Crippen molar-refractivity contribution in [3.05, 3.63) is 48.0 Å². The van der Waals surface area contributed by atoms with Gasteiger partial charge in [0.05, 0.1) is 5.71 Å². The Bertz CT molecular complexity index is 875. The van der Waals surface area contributed by atoms with E-state index in [9.17, 15) is 9.59 Å². The van der Waals surface area contributed by atoms with Crippen LogP contribution in [0.2, 0.25) is 0 Å². The highest BCUT2D eigenvalue weighted by atomic mass is 16.6. The molecule has 6 nitrogen and oxygen atoms in total. The number of amides is 2. The molecule has 0 N–H and O–H groups in total. The number of hydrogen-bond acceptors (Lipinski definition) is 4. The van der Waals surface area contributed by atoms with Gasteiger partial charge in [-0.15, -0.1) is 0 Å². The molecule has 0 spiro atoms. The predicted molar refractivity (Wildman–Crippen MR) is 103 cm³/mol. The van der Waals surface area contributed by atoms with Crippen molar-refractivity contribution in [3.63, 3.8) is 0 Å². The predicted octanol–water partition coefficient (Wildman–Crippen LogP) is 2.22. The van der Waals surface area contributed by atoms with Gasteiger partial charge in [0.15, 0.2) is 0 Å². The Morgan fingerprint density at radius 1 is 1.11 bits per heavy atom. The Morgan fingerprint density at radius 2 is 1.96 bits per heavy atom. The molecule has 0 radical (unpaired) electrons. The summed E-state index contributed by atoms with van der Waals surface area (Å²) in [5.41, 5.74) is 2.09. The molecule has 0 bridgehead atoms. The van der Waals surface area contributed by atoms with Crippen molar-refractivity contribution in [3.8, 4) is 0 Å². The minimum atomic E-state index is -0.544. The van der Waals surface area contributed by atoms with Crippen LogP contribution in [-0.2, 0) is 20.8 Å². The Labute approximate surface area is 158 Å². The summed E-state index contributed by atoms with van der Waals surface area (Å²) in [5, 5.41) is 6.60. The molecule has 0 unspecified atom stereocenters. The molecule has 6 heteroatoms. The zero-order chi connectivity index (χ0) is 18.6. The molecule has 4 rings (SSSR count). The lowest BCUT2D eigenvalue weighted by molar-refractivity contribution is -0.142. The summed E-state index contributed by atoms with van der Waals surface area (Å²) < 4.78 is 0. The van der Waals surface area contributed by atoms with E-state index < -0.39 is 6.10 Å². The summed E-state index contributed by atoms with van der Waals surface area (Å²) in [4.78, 5) is 32.7. The van der Waals surface area contributed by atoms with Gasteiger partial charge in [-0.05, 0) is 22.8 Å². The maximum atomic E-state index is 12.8. The Hall–Kier alpha value is -2.89. The fourth-order valence-corrected chi connectivity index (χ4v) is 3.80.